The molecule has 3 aromatic rings. The highest BCUT2D eigenvalue weighted by atomic mass is 16.5. The van der Waals surface area contributed by atoms with Crippen LogP contribution in [0.15, 0.2) is 36.7 Å². The van der Waals surface area contributed by atoms with Gasteiger partial charge in [-0.15, -0.1) is 5.10 Å². The summed E-state index contributed by atoms with van der Waals surface area (Å²) in [6.45, 7) is 7.66. The molecule has 0 saturated carbocycles. The Bertz CT molecular complexity index is 940. The number of hydrogen-bond donors (Lipinski definition) is 1. The van der Waals surface area contributed by atoms with Crippen LogP contribution in [0.3, 0.4) is 0 Å². The predicted molar refractivity (Wildman–Crippen MR) is 101 cm³/mol. The van der Waals surface area contributed by atoms with Gasteiger partial charge < -0.3 is 10.1 Å². The quantitative estimate of drug-likeness (QED) is 0.762. The topological polar surface area (TPSA) is 94.8 Å². The van der Waals surface area contributed by atoms with Gasteiger partial charge in [0.05, 0.1) is 19.0 Å². The van der Waals surface area contributed by atoms with Gasteiger partial charge in [-0.05, 0) is 45.4 Å². The molecule has 0 radical (unpaired) electrons. The SMILES string of the molecule is COc1ccc(-n2nc(C(=O)NC(C)(C)C)nc2-c2ccc(C)cn2)cn1. The van der Waals surface area contributed by atoms with Crippen LogP contribution >= 0.6 is 0 Å². The molecule has 0 aliphatic heterocycles. The molecule has 3 aromatic heterocycles. The van der Waals surface area contributed by atoms with Crippen molar-refractivity contribution in [3.05, 3.63) is 48.0 Å². The molecule has 1 amide bonds. The van der Waals surface area contributed by atoms with Gasteiger partial charge in [-0.2, -0.15) is 0 Å². The first-order chi connectivity index (χ1) is 12.8. The van der Waals surface area contributed by atoms with Crippen molar-refractivity contribution in [3.8, 4) is 23.1 Å². The van der Waals surface area contributed by atoms with Gasteiger partial charge in [0.1, 0.15) is 5.69 Å². The highest BCUT2D eigenvalue weighted by molar-refractivity contribution is 5.91. The van der Waals surface area contributed by atoms with Crippen molar-refractivity contribution >= 4 is 5.91 Å². The van der Waals surface area contributed by atoms with Gasteiger partial charge in [-0.25, -0.2) is 14.6 Å². The van der Waals surface area contributed by atoms with Gasteiger partial charge in [-0.3, -0.25) is 9.78 Å². The van der Waals surface area contributed by atoms with Gasteiger partial charge in [-0.1, -0.05) is 6.07 Å². The minimum absolute atomic E-state index is 0.0677. The number of pyridine rings is 2. The summed E-state index contributed by atoms with van der Waals surface area (Å²) in [4.78, 5) is 25.6. The smallest absolute Gasteiger partial charge is 0.291 e. The molecule has 0 saturated heterocycles. The fourth-order valence-corrected chi connectivity index (χ4v) is 2.37. The highest BCUT2D eigenvalue weighted by Crippen LogP contribution is 2.20. The Kier molecular flexibility index (Phi) is 4.89. The number of ether oxygens (including phenoxy) is 1. The molecule has 8 heteroatoms. The Morgan fingerprint density at radius 2 is 1.89 bits per heavy atom. The molecule has 3 heterocycles. The van der Waals surface area contributed by atoms with E-state index in [0.717, 1.165) is 5.56 Å². The number of aromatic nitrogens is 5. The molecule has 0 bridgehead atoms. The number of carbonyl (C=O) groups excluding carboxylic acids is 1. The minimum Gasteiger partial charge on any atom is -0.481 e. The summed E-state index contributed by atoms with van der Waals surface area (Å²) in [7, 11) is 1.55. The number of carbonyl (C=O) groups is 1. The summed E-state index contributed by atoms with van der Waals surface area (Å²) in [6.07, 6.45) is 3.35. The second kappa shape index (κ2) is 7.14. The third-order valence-electron chi connectivity index (χ3n) is 3.61. The first-order valence-corrected chi connectivity index (χ1v) is 8.50. The third-order valence-corrected chi connectivity index (χ3v) is 3.61. The van der Waals surface area contributed by atoms with E-state index in [1.165, 1.54) is 0 Å². The molecule has 0 aromatic carbocycles. The predicted octanol–water partition coefficient (Wildman–Crippen LogP) is 2.57. The van der Waals surface area contributed by atoms with Crippen LogP contribution in [-0.2, 0) is 0 Å². The number of nitrogens with zero attached hydrogens (tertiary/aromatic N) is 5. The maximum atomic E-state index is 12.5. The molecule has 0 fully saturated rings. The van der Waals surface area contributed by atoms with Crippen LogP contribution in [0.1, 0.15) is 37.0 Å². The van der Waals surface area contributed by atoms with E-state index in [1.807, 2.05) is 39.8 Å². The summed E-state index contributed by atoms with van der Waals surface area (Å²) in [5.74, 6) is 0.662. The average molecular weight is 366 g/mol. The van der Waals surface area contributed by atoms with Gasteiger partial charge in [0.2, 0.25) is 11.7 Å². The van der Waals surface area contributed by atoms with E-state index in [-0.39, 0.29) is 11.7 Å². The molecule has 8 nitrogen and oxygen atoms in total. The lowest BCUT2D eigenvalue weighted by Crippen LogP contribution is -2.41. The summed E-state index contributed by atoms with van der Waals surface area (Å²) in [5.41, 5.74) is 1.89. The summed E-state index contributed by atoms with van der Waals surface area (Å²) >= 11 is 0. The van der Waals surface area contributed by atoms with Crippen molar-refractivity contribution in [2.45, 2.75) is 33.2 Å². The van der Waals surface area contributed by atoms with Crippen LogP contribution in [0.25, 0.3) is 17.2 Å². The third kappa shape index (κ3) is 4.28. The van der Waals surface area contributed by atoms with Crippen LogP contribution in [0.4, 0.5) is 0 Å². The molecule has 0 atom stereocenters. The number of rotatable bonds is 4. The second-order valence-electron chi connectivity index (χ2n) is 7.15. The number of hydrogen-bond acceptors (Lipinski definition) is 6. The molecular formula is C19H22N6O2. The zero-order valence-corrected chi connectivity index (χ0v) is 16.0. The lowest BCUT2D eigenvalue weighted by atomic mass is 10.1. The Labute approximate surface area is 157 Å². The number of aryl methyl sites for hydroxylation is 1. The van der Waals surface area contributed by atoms with Gasteiger partial charge in [0.15, 0.2) is 5.82 Å². The van der Waals surface area contributed by atoms with Crippen molar-refractivity contribution in [1.82, 2.24) is 30.0 Å². The van der Waals surface area contributed by atoms with E-state index in [9.17, 15) is 4.79 Å². The van der Waals surface area contributed by atoms with E-state index < -0.39 is 5.54 Å². The van der Waals surface area contributed by atoms with E-state index in [2.05, 4.69) is 25.4 Å². The largest absolute Gasteiger partial charge is 0.481 e. The molecular weight excluding hydrogens is 344 g/mol. The maximum Gasteiger partial charge on any atom is 0.291 e. The molecule has 1 N–H and O–H groups in total. The number of nitrogens with one attached hydrogen (secondary N) is 1. The maximum absolute atomic E-state index is 12.5. The second-order valence-corrected chi connectivity index (χ2v) is 7.15. The van der Waals surface area contributed by atoms with Gasteiger partial charge in [0.25, 0.3) is 5.91 Å². The Morgan fingerprint density at radius 3 is 2.44 bits per heavy atom. The number of amides is 1. The Morgan fingerprint density at radius 1 is 1.11 bits per heavy atom. The first kappa shape index (κ1) is 18.5. The fraction of sp³-hybridized carbons (Fsp3) is 0.316. The molecule has 3 rings (SSSR count). The lowest BCUT2D eigenvalue weighted by Gasteiger charge is -2.18. The molecule has 27 heavy (non-hydrogen) atoms. The molecule has 0 aliphatic carbocycles. The summed E-state index contributed by atoms with van der Waals surface area (Å²) in [5, 5.41) is 7.26. The van der Waals surface area contributed by atoms with Crippen LogP contribution in [0, 0.1) is 6.92 Å². The zero-order valence-electron chi connectivity index (χ0n) is 16.0. The van der Waals surface area contributed by atoms with Crippen LogP contribution in [0.2, 0.25) is 0 Å². The number of methoxy groups -OCH3 is 1. The molecule has 0 spiro atoms. The lowest BCUT2D eigenvalue weighted by molar-refractivity contribution is 0.0909. The van der Waals surface area contributed by atoms with E-state index in [4.69, 9.17) is 4.74 Å². The van der Waals surface area contributed by atoms with Gasteiger partial charge >= 0.3 is 0 Å². The van der Waals surface area contributed by atoms with E-state index >= 15 is 0 Å². The Balaban J connectivity index is 2.08. The summed E-state index contributed by atoms with van der Waals surface area (Å²) in [6, 6.07) is 7.29. The zero-order chi connectivity index (χ0) is 19.6. The molecule has 0 aliphatic rings. The van der Waals surface area contributed by atoms with Crippen LogP contribution in [0.5, 0.6) is 5.88 Å². The average Bonchev–Trinajstić information content (AvgIpc) is 3.06. The van der Waals surface area contributed by atoms with Crippen molar-refractivity contribution in [1.29, 1.82) is 0 Å². The van der Waals surface area contributed by atoms with Crippen molar-refractivity contribution in [2.24, 2.45) is 0 Å². The fourth-order valence-electron chi connectivity index (χ4n) is 2.37. The van der Waals surface area contributed by atoms with E-state index in [0.29, 0.717) is 23.1 Å². The van der Waals surface area contributed by atoms with E-state index in [1.54, 1.807) is 36.3 Å². The first-order valence-electron chi connectivity index (χ1n) is 8.50. The van der Waals surface area contributed by atoms with Crippen molar-refractivity contribution in [2.75, 3.05) is 7.11 Å². The Hall–Kier alpha value is -3.29. The molecule has 140 valence electrons. The van der Waals surface area contributed by atoms with Crippen molar-refractivity contribution in [3.63, 3.8) is 0 Å². The van der Waals surface area contributed by atoms with Crippen molar-refractivity contribution < 1.29 is 9.53 Å². The standard InChI is InChI=1S/C19H22N6O2/c1-12-6-8-14(20-10-12)17-22-16(18(26)23-19(2,3)4)24-25(17)13-7-9-15(27-5)21-11-13/h6-11H,1-5H3,(H,23,26). The van der Waals surface area contributed by atoms with Gasteiger partial charge in [0, 0.05) is 17.8 Å². The highest BCUT2D eigenvalue weighted by Gasteiger charge is 2.23. The monoisotopic (exact) mass is 366 g/mol. The molecule has 0 unspecified atom stereocenters. The summed E-state index contributed by atoms with van der Waals surface area (Å²) < 4.78 is 6.66. The van der Waals surface area contributed by atoms with Crippen LogP contribution in [-0.4, -0.2) is 43.3 Å². The minimum atomic E-state index is -0.396. The normalized spacial score (nSPS) is 11.3. The van der Waals surface area contributed by atoms with Crippen LogP contribution < -0.4 is 10.1 Å².